The topological polar surface area (TPSA) is 0 Å². The van der Waals surface area contributed by atoms with Crippen molar-refractivity contribution in [2.24, 2.45) is 0 Å². The van der Waals surface area contributed by atoms with Gasteiger partial charge in [-0.2, -0.15) is 0 Å². The molecule has 0 unspecified atom stereocenters. The van der Waals surface area contributed by atoms with E-state index in [9.17, 15) is 0 Å². The molecule has 0 rings (SSSR count). The quantitative estimate of drug-likeness (QED) is 0.385. The molecule has 0 heteroatoms. The molecule has 6 heavy (non-hydrogen) atoms. The Hall–Kier alpha value is -0.700. The van der Waals surface area contributed by atoms with Crippen molar-refractivity contribution in [3.63, 3.8) is 0 Å². The van der Waals surface area contributed by atoms with Gasteiger partial charge < -0.3 is 0 Å². The third-order valence-corrected chi connectivity index (χ3v) is 0.302. The zero-order valence-electron chi connectivity index (χ0n) is 3.91. The molecule has 0 bridgehead atoms. The molecule has 0 atom stereocenters. The fourth-order valence-electron chi connectivity index (χ4n) is 0.177. The molecule has 0 spiro atoms. The van der Waals surface area contributed by atoms with Crippen LogP contribution in [0.25, 0.3) is 0 Å². The molecular formula is C6H7. The summed E-state index contributed by atoms with van der Waals surface area (Å²) in [5, 5.41) is 0. The second-order valence-corrected chi connectivity index (χ2v) is 0.979. The van der Waals surface area contributed by atoms with Crippen molar-refractivity contribution in [2.45, 2.75) is 6.92 Å². The van der Waals surface area contributed by atoms with Crippen LogP contribution in [-0.2, 0) is 0 Å². The molecule has 0 heterocycles. The first kappa shape index (κ1) is 5.30. The fraction of sp³-hybridized carbons (Fsp3) is 0.167. The summed E-state index contributed by atoms with van der Waals surface area (Å²) in [6.45, 7) is 8.68. The molecule has 0 amide bonds. The Kier molecular flexibility index (Phi) is 2.24. The second kappa shape index (κ2) is 2.53. The Morgan fingerprint density at radius 2 is 2.17 bits per heavy atom. The summed E-state index contributed by atoms with van der Waals surface area (Å²) in [4.78, 5) is 0. The molecule has 0 N–H and O–H groups in total. The lowest BCUT2D eigenvalue weighted by Crippen LogP contribution is -1.56. The number of rotatable bonds is 0. The first-order valence-electron chi connectivity index (χ1n) is 1.71. The predicted octanol–water partition coefficient (Wildman–Crippen LogP) is 1.40. The van der Waals surface area contributed by atoms with Gasteiger partial charge in [0.15, 0.2) is 0 Å². The van der Waals surface area contributed by atoms with E-state index in [4.69, 9.17) is 0 Å². The molecule has 0 aromatic carbocycles. The highest BCUT2D eigenvalue weighted by atomic mass is 13.7. The highest BCUT2D eigenvalue weighted by Gasteiger charge is 1.62. The zero-order chi connectivity index (χ0) is 4.99. The van der Waals surface area contributed by atoms with Gasteiger partial charge in [-0.1, -0.05) is 12.5 Å². The third-order valence-electron chi connectivity index (χ3n) is 0.302. The maximum atomic E-state index is 3.46. The average molecular weight is 79.1 g/mol. The molecule has 0 aromatic rings. The zero-order valence-corrected chi connectivity index (χ0v) is 3.91. The van der Waals surface area contributed by atoms with Crippen molar-refractivity contribution < 1.29 is 0 Å². The number of allylic oxidation sites excluding steroid dienone is 1. The largest absolute Gasteiger partial charge is 0.102 e. The summed E-state index contributed by atoms with van der Waals surface area (Å²) in [7, 11) is 0. The molecule has 0 aliphatic carbocycles. The molecule has 31 valence electrons. The minimum Gasteiger partial charge on any atom is -0.102 e. The number of hydrogen-bond donors (Lipinski definition) is 0. The van der Waals surface area contributed by atoms with Crippen LogP contribution in [0.2, 0.25) is 0 Å². The minimum absolute atomic E-state index is 0.678. The molecule has 0 aromatic heterocycles. The second-order valence-electron chi connectivity index (χ2n) is 0.979. The van der Waals surface area contributed by atoms with Gasteiger partial charge in [-0.25, -0.2) is 0 Å². The molecule has 0 saturated heterocycles. The van der Waals surface area contributed by atoms with Crippen LogP contribution in [0.5, 0.6) is 0 Å². The molecular weight excluding hydrogens is 72.1 g/mol. The van der Waals surface area contributed by atoms with Crippen LogP contribution < -0.4 is 0 Å². The van der Waals surface area contributed by atoms with Crippen LogP contribution in [0.1, 0.15) is 6.92 Å². The van der Waals surface area contributed by atoms with Crippen LogP contribution in [0.4, 0.5) is 0 Å². The van der Waals surface area contributed by atoms with Crippen molar-refractivity contribution in [3.8, 4) is 11.8 Å². The van der Waals surface area contributed by atoms with Crippen molar-refractivity contribution in [1.82, 2.24) is 0 Å². The van der Waals surface area contributed by atoms with E-state index in [1.54, 1.807) is 6.92 Å². The summed E-state index contributed by atoms with van der Waals surface area (Å²) in [6.07, 6.45) is 0. The monoisotopic (exact) mass is 79.1 g/mol. The van der Waals surface area contributed by atoms with Crippen molar-refractivity contribution in [3.05, 3.63) is 19.1 Å². The average Bonchev–Trinajstić information content (AvgIpc) is 1.35. The number of hydrogen-bond acceptors (Lipinski definition) is 0. The lowest BCUT2D eigenvalue weighted by Gasteiger charge is -1.69. The van der Waals surface area contributed by atoms with Gasteiger partial charge in [0.1, 0.15) is 0 Å². The minimum atomic E-state index is 0.678. The highest BCUT2D eigenvalue weighted by Crippen LogP contribution is 1.76. The van der Waals surface area contributed by atoms with Crippen molar-refractivity contribution >= 4 is 0 Å². The standard InChI is InChI=1S/C6H7/c1-4-5-6(2)3/h2-3H2,1H3. The maximum absolute atomic E-state index is 3.46. The Balaban J connectivity index is 3.50. The Morgan fingerprint density at radius 1 is 1.67 bits per heavy atom. The van der Waals surface area contributed by atoms with E-state index >= 15 is 0 Å². The van der Waals surface area contributed by atoms with Crippen LogP contribution in [0.3, 0.4) is 0 Å². The summed E-state index contributed by atoms with van der Waals surface area (Å²) >= 11 is 0. The molecule has 0 saturated carbocycles. The van der Waals surface area contributed by atoms with Gasteiger partial charge in [0.2, 0.25) is 0 Å². The maximum Gasteiger partial charge on any atom is -0.00234 e. The van der Waals surface area contributed by atoms with Gasteiger partial charge in [-0.15, -0.1) is 5.92 Å². The van der Waals surface area contributed by atoms with E-state index in [0.29, 0.717) is 5.57 Å². The van der Waals surface area contributed by atoms with E-state index in [0.717, 1.165) is 0 Å². The summed E-state index contributed by atoms with van der Waals surface area (Å²) in [5.41, 5.74) is 0.678. The Morgan fingerprint density at radius 3 is 2.17 bits per heavy atom. The van der Waals surface area contributed by atoms with Crippen LogP contribution in [0.15, 0.2) is 12.2 Å². The van der Waals surface area contributed by atoms with Gasteiger partial charge in [0.05, 0.1) is 0 Å². The Bertz CT molecular complexity index is 98.9. The predicted molar refractivity (Wildman–Crippen MR) is 27.9 cm³/mol. The van der Waals surface area contributed by atoms with Crippen molar-refractivity contribution in [2.75, 3.05) is 0 Å². The van der Waals surface area contributed by atoms with E-state index < -0.39 is 0 Å². The lowest BCUT2D eigenvalue weighted by atomic mass is 10.4. The first-order chi connectivity index (χ1) is 2.77. The van der Waals surface area contributed by atoms with Gasteiger partial charge in [0, 0.05) is 0 Å². The van der Waals surface area contributed by atoms with E-state index in [1.165, 1.54) is 0 Å². The van der Waals surface area contributed by atoms with Gasteiger partial charge in [0.25, 0.3) is 0 Å². The molecule has 0 nitrogen and oxygen atoms in total. The van der Waals surface area contributed by atoms with E-state index in [-0.39, 0.29) is 0 Å². The van der Waals surface area contributed by atoms with Crippen LogP contribution >= 0.6 is 0 Å². The highest BCUT2D eigenvalue weighted by molar-refractivity contribution is 5.26. The Labute approximate surface area is 38.9 Å². The normalized spacial score (nSPS) is 5.67. The van der Waals surface area contributed by atoms with E-state index in [2.05, 4.69) is 25.3 Å². The smallest absolute Gasteiger partial charge is 0.00234 e. The van der Waals surface area contributed by atoms with Gasteiger partial charge in [-0.05, 0) is 19.4 Å². The van der Waals surface area contributed by atoms with E-state index in [1.807, 2.05) is 0 Å². The van der Waals surface area contributed by atoms with Gasteiger partial charge in [-0.3, -0.25) is 0 Å². The van der Waals surface area contributed by atoms with Crippen LogP contribution in [0, 0.1) is 18.8 Å². The molecule has 0 aliphatic heterocycles. The summed E-state index contributed by atoms with van der Waals surface area (Å²) in [6, 6.07) is 0. The summed E-state index contributed by atoms with van der Waals surface area (Å²) < 4.78 is 0. The summed E-state index contributed by atoms with van der Waals surface area (Å²) in [5.74, 6) is 5.31. The van der Waals surface area contributed by atoms with Gasteiger partial charge >= 0.3 is 0 Å². The van der Waals surface area contributed by atoms with Crippen LogP contribution in [-0.4, -0.2) is 0 Å². The molecule has 1 radical (unpaired) electrons. The third kappa shape index (κ3) is 3.30. The lowest BCUT2D eigenvalue weighted by molar-refractivity contribution is 1.83. The molecule has 0 aliphatic rings. The van der Waals surface area contributed by atoms with Crippen molar-refractivity contribution in [1.29, 1.82) is 0 Å². The molecule has 0 fully saturated rings. The SMILES string of the molecule is [CH2]C(=C)C#CC. The first-order valence-corrected chi connectivity index (χ1v) is 1.71. The fourth-order valence-corrected chi connectivity index (χ4v) is 0.177.